The normalized spacial score (nSPS) is 23.3. The van der Waals surface area contributed by atoms with Gasteiger partial charge in [-0.2, -0.15) is 0 Å². The Labute approximate surface area is 125 Å². The molecule has 5 nitrogen and oxygen atoms in total. The van der Waals surface area contributed by atoms with Gasteiger partial charge in [0.2, 0.25) is 0 Å². The van der Waals surface area contributed by atoms with Crippen molar-refractivity contribution in [1.82, 2.24) is 10.6 Å². The highest BCUT2D eigenvalue weighted by molar-refractivity contribution is 6.08. The molecular formula is C16H23N3O2. The molecule has 21 heavy (non-hydrogen) atoms. The number of benzene rings is 1. The van der Waals surface area contributed by atoms with E-state index >= 15 is 0 Å². The molecular weight excluding hydrogens is 266 g/mol. The molecule has 1 fully saturated rings. The Morgan fingerprint density at radius 2 is 2.05 bits per heavy atom. The fraction of sp³-hybridized carbons (Fsp3) is 0.500. The van der Waals surface area contributed by atoms with Crippen molar-refractivity contribution in [2.45, 2.75) is 32.7 Å². The number of nitrogens with one attached hydrogen (secondary N) is 2. The Hall–Kier alpha value is -2.04. The van der Waals surface area contributed by atoms with Crippen LogP contribution < -0.4 is 15.4 Å². The van der Waals surface area contributed by atoms with Crippen molar-refractivity contribution in [3.63, 3.8) is 0 Å². The molecule has 1 aliphatic rings. The molecule has 0 bridgehead atoms. The minimum absolute atomic E-state index is 0.0593. The molecule has 1 amide bonds. The first-order chi connectivity index (χ1) is 9.94. The van der Waals surface area contributed by atoms with E-state index in [-0.39, 0.29) is 5.91 Å². The summed E-state index contributed by atoms with van der Waals surface area (Å²) in [5.74, 6) is 1.75. The molecule has 0 aromatic heterocycles. The third-order valence-electron chi connectivity index (χ3n) is 3.48. The number of rotatable bonds is 5. The van der Waals surface area contributed by atoms with Crippen LogP contribution in [0.25, 0.3) is 0 Å². The number of methoxy groups -OCH3 is 1. The van der Waals surface area contributed by atoms with Crippen LogP contribution in [-0.2, 0) is 11.2 Å². The van der Waals surface area contributed by atoms with E-state index in [1.165, 1.54) is 0 Å². The Balaban J connectivity index is 2.15. The Bertz CT molecular complexity index is 554. The summed E-state index contributed by atoms with van der Waals surface area (Å²) in [6.07, 6.45) is 0.545. The monoisotopic (exact) mass is 289 g/mol. The second-order valence-corrected chi connectivity index (χ2v) is 5.98. The third kappa shape index (κ3) is 3.54. The van der Waals surface area contributed by atoms with E-state index in [4.69, 9.17) is 4.74 Å². The number of hydrogen-bond acceptors (Lipinski definition) is 3. The number of nitrogens with zero attached hydrogens (tertiary/aromatic N) is 1. The summed E-state index contributed by atoms with van der Waals surface area (Å²) in [4.78, 5) is 16.7. The quantitative estimate of drug-likeness (QED) is 0.867. The molecule has 2 rings (SSSR count). The van der Waals surface area contributed by atoms with Crippen molar-refractivity contribution >= 4 is 11.9 Å². The van der Waals surface area contributed by atoms with Gasteiger partial charge in [0.15, 0.2) is 5.96 Å². The molecule has 114 valence electrons. The lowest BCUT2D eigenvalue weighted by Crippen LogP contribution is -2.45. The predicted molar refractivity (Wildman–Crippen MR) is 83.5 cm³/mol. The number of aliphatic imine (C=N–C) groups is 1. The van der Waals surface area contributed by atoms with Gasteiger partial charge in [-0.3, -0.25) is 15.1 Å². The summed E-state index contributed by atoms with van der Waals surface area (Å²) < 4.78 is 5.35. The van der Waals surface area contributed by atoms with E-state index in [0.29, 0.717) is 24.8 Å². The number of amides is 1. The first kappa shape index (κ1) is 15.4. The zero-order valence-corrected chi connectivity index (χ0v) is 13.1. The number of carbonyl (C=O) groups excluding carboxylic acids is 1. The van der Waals surface area contributed by atoms with Gasteiger partial charge in [-0.05, 0) is 24.5 Å². The van der Waals surface area contributed by atoms with Gasteiger partial charge < -0.3 is 10.1 Å². The molecule has 0 saturated carbocycles. The summed E-state index contributed by atoms with van der Waals surface area (Å²) >= 11 is 0. The first-order valence-electron chi connectivity index (χ1n) is 7.20. The van der Waals surface area contributed by atoms with Crippen molar-refractivity contribution in [3.05, 3.63) is 29.8 Å². The highest BCUT2D eigenvalue weighted by Gasteiger charge is 2.41. The second-order valence-electron chi connectivity index (χ2n) is 5.98. The van der Waals surface area contributed by atoms with Crippen molar-refractivity contribution in [1.29, 1.82) is 0 Å². The highest BCUT2D eigenvalue weighted by atomic mass is 16.5. The lowest BCUT2D eigenvalue weighted by atomic mass is 9.92. The zero-order valence-electron chi connectivity index (χ0n) is 13.1. The van der Waals surface area contributed by atoms with Crippen LogP contribution in [0.4, 0.5) is 0 Å². The van der Waals surface area contributed by atoms with Gasteiger partial charge >= 0.3 is 0 Å². The van der Waals surface area contributed by atoms with Crippen molar-refractivity contribution < 1.29 is 9.53 Å². The van der Waals surface area contributed by atoms with Crippen LogP contribution in [0.3, 0.4) is 0 Å². The summed E-state index contributed by atoms with van der Waals surface area (Å²) in [5.41, 5.74) is 0.292. The fourth-order valence-corrected chi connectivity index (χ4v) is 2.30. The maximum Gasteiger partial charge on any atom is 0.252 e. The number of hydrogen-bond donors (Lipinski definition) is 2. The van der Waals surface area contributed by atoms with Crippen LogP contribution >= 0.6 is 0 Å². The van der Waals surface area contributed by atoms with Crippen LogP contribution in [0.1, 0.15) is 26.3 Å². The summed E-state index contributed by atoms with van der Waals surface area (Å²) in [6.45, 7) is 6.75. The lowest BCUT2D eigenvalue weighted by Gasteiger charge is -2.22. The van der Waals surface area contributed by atoms with E-state index in [1.54, 1.807) is 7.11 Å². The Morgan fingerprint density at radius 1 is 1.33 bits per heavy atom. The molecule has 1 heterocycles. The average Bonchev–Trinajstić information content (AvgIpc) is 2.72. The standard InChI is InChI=1S/C16H23N3O2/c1-11(2)10-17-15-18-14(20)16(3,19-15)9-12-7-5-6-8-13(12)21-4/h5-8,11H,9-10H2,1-4H3,(H2,17,18,19,20). The molecule has 1 saturated heterocycles. The Morgan fingerprint density at radius 3 is 2.71 bits per heavy atom. The van der Waals surface area contributed by atoms with E-state index in [0.717, 1.165) is 11.3 Å². The number of carbonyl (C=O) groups is 1. The van der Waals surface area contributed by atoms with Crippen molar-refractivity contribution in [2.75, 3.05) is 13.7 Å². The molecule has 2 N–H and O–H groups in total. The van der Waals surface area contributed by atoms with Crippen LogP contribution in [0.2, 0.25) is 0 Å². The fourth-order valence-electron chi connectivity index (χ4n) is 2.30. The van der Waals surface area contributed by atoms with Gasteiger partial charge in [0.05, 0.1) is 7.11 Å². The summed E-state index contributed by atoms with van der Waals surface area (Å²) in [7, 11) is 1.64. The summed E-state index contributed by atoms with van der Waals surface area (Å²) in [6, 6.07) is 7.74. The van der Waals surface area contributed by atoms with E-state index < -0.39 is 5.54 Å². The van der Waals surface area contributed by atoms with Gasteiger partial charge in [0.1, 0.15) is 11.3 Å². The molecule has 1 atom stereocenters. The third-order valence-corrected chi connectivity index (χ3v) is 3.48. The maximum absolute atomic E-state index is 12.3. The lowest BCUT2D eigenvalue weighted by molar-refractivity contribution is -0.123. The molecule has 1 unspecified atom stereocenters. The molecule has 0 radical (unpaired) electrons. The maximum atomic E-state index is 12.3. The molecule has 0 spiro atoms. The van der Waals surface area contributed by atoms with Crippen LogP contribution in [-0.4, -0.2) is 31.1 Å². The van der Waals surface area contributed by atoms with Gasteiger partial charge in [0, 0.05) is 13.0 Å². The Kier molecular flexibility index (Phi) is 4.50. The van der Waals surface area contributed by atoms with E-state index in [9.17, 15) is 4.79 Å². The highest BCUT2D eigenvalue weighted by Crippen LogP contribution is 2.24. The van der Waals surface area contributed by atoms with Crippen LogP contribution in [0.5, 0.6) is 5.75 Å². The minimum Gasteiger partial charge on any atom is -0.496 e. The topological polar surface area (TPSA) is 62.7 Å². The average molecular weight is 289 g/mol. The molecule has 5 heteroatoms. The van der Waals surface area contributed by atoms with Crippen LogP contribution in [0.15, 0.2) is 29.3 Å². The number of ether oxygens (including phenoxy) is 1. The minimum atomic E-state index is -0.704. The first-order valence-corrected chi connectivity index (χ1v) is 7.20. The SMILES string of the molecule is COc1ccccc1CC1(C)NC(=NCC(C)C)NC1=O. The molecule has 1 aromatic rings. The molecule has 1 aliphatic heterocycles. The van der Waals surface area contributed by atoms with Gasteiger partial charge in [-0.1, -0.05) is 32.0 Å². The van der Waals surface area contributed by atoms with Crippen molar-refractivity contribution in [2.24, 2.45) is 10.9 Å². The van der Waals surface area contributed by atoms with E-state index in [1.807, 2.05) is 31.2 Å². The smallest absolute Gasteiger partial charge is 0.252 e. The van der Waals surface area contributed by atoms with Gasteiger partial charge in [-0.15, -0.1) is 0 Å². The molecule has 0 aliphatic carbocycles. The van der Waals surface area contributed by atoms with E-state index in [2.05, 4.69) is 29.5 Å². The summed E-state index contributed by atoms with van der Waals surface area (Å²) in [5, 5.41) is 6.02. The molecule has 1 aromatic carbocycles. The van der Waals surface area contributed by atoms with Crippen molar-refractivity contribution in [3.8, 4) is 5.75 Å². The largest absolute Gasteiger partial charge is 0.496 e. The van der Waals surface area contributed by atoms with Gasteiger partial charge in [0.25, 0.3) is 5.91 Å². The predicted octanol–water partition coefficient (Wildman–Crippen LogP) is 1.73. The zero-order chi connectivity index (χ0) is 15.5. The number of guanidine groups is 1. The van der Waals surface area contributed by atoms with Crippen LogP contribution in [0, 0.1) is 5.92 Å². The number of para-hydroxylation sites is 1. The van der Waals surface area contributed by atoms with Gasteiger partial charge in [-0.25, -0.2) is 0 Å². The second kappa shape index (κ2) is 6.16.